The van der Waals surface area contributed by atoms with Crippen molar-refractivity contribution in [2.75, 3.05) is 36.4 Å². The molecule has 14 heteroatoms. The zero-order chi connectivity index (χ0) is 30.5. The van der Waals surface area contributed by atoms with Gasteiger partial charge in [-0.1, -0.05) is 37.2 Å². The van der Waals surface area contributed by atoms with Crippen LogP contribution in [-0.4, -0.2) is 76.2 Å². The molecule has 0 aliphatic carbocycles. The number of thiazole rings is 1. The van der Waals surface area contributed by atoms with Gasteiger partial charge in [0.1, 0.15) is 11.5 Å². The highest BCUT2D eigenvalue weighted by atomic mass is 32.2. The van der Waals surface area contributed by atoms with E-state index in [0.29, 0.717) is 37.4 Å². The Morgan fingerprint density at radius 1 is 1.14 bits per heavy atom. The normalized spacial score (nSPS) is 18.6. The van der Waals surface area contributed by atoms with Crippen molar-refractivity contribution in [2.24, 2.45) is 0 Å². The van der Waals surface area contributed by atoms with E-state index in [1.165, 1.54) is 11.3 Å². The van der Waals surface area contributed by atoms with Gasteiger partial charge in [-0.15, -0.1) is 0 Å². The number of hydrogen-bond donors (Lipinski definition) is 3. The first-order valence-corrected chi connectivity index (χ1v) is 19.3. The number of nitrogens with zero attached hydrogens (tertiary/aromatic N) is 4. The number of ether oxygens (including phenoxy) is 1. The quantitative estimate of drug-likeness (QED) is 0.176. The topological polar surface area (TPSA) is 155 Å². The number of fused-ring (bicyclic) bond motifs is 1. The van der Waals surface area contributed by atoms with Gasteiger partial charge in [0.25, 0.3) is 5.19 Å². The molecule has 1 saturated heterocycles. The molecule has 0 radical (unpaired) electrons. The second-order valence-electron chi connectivity index (χ2n) is 11.2. The van der Waals surface area contributed by atoms with Crippen molar-refractivity contribution in [1.82, 2.24) is 20.3 Å². The Labute approximate surface area is 256 Å². The predicted molar refractivity (Wildman–Crippen MR) is 170 cm³/mol. The minimum atomic E-state index is -4.05. The number of aromatic nitrogens is 3. The van der Waals surface area contributed by atoms with Gasteiger partial charge in [0, 0.05) is 51.0 Å². The van der Waals surface area contributed by atoms with Crippen LogP contribution in [0.4, 0.5) is 5.95 Å². The summed E-state index contributed by atoms with van der Waals surface area (Å²) in [6, 6.07) is 6.01. The fourth-order valence-corrected chi connectivity index (χ4v) is 8.63. The minimum absolute atomic E-state index is 0.0264. The fourth-order valence-electron chi connectivity index (χ4n) is 5.47. The van der Waals surface area contributed by atoms with E-state index in [4.69, 9.17) is 19.5 Å². The third kappa shape index (κ3) is 8.83. The Morgan fingerprint density at radius 2 is 1.91 bits per heavy atom. The molecule has 0 bridgehead atoms. The van der Waals surface area contributed by atoms with Crippen molar-refractivity contribution in [3.05, 3.63) is 47.8 Å². The maximum Gasteiger partial charge on any atom is 0.325 e. The molecule has 1 unspecified atom stereocenters. The molecule has 0 amide bonds. The van der Waals surface area contributed by atoms with Gasteiger partial charge in [-0.2, -0.15) is 0 Å². The molecule has 4 heterocycles. The monoisotopic (exact) mass is 649 g/mol. The van der Waals surface area contributed by atoms with E-state index >= 15 is 0 Å². The van der Waals surface area contributed by atoms with Gasteiger partial charge in [0.15, 0.2) is 9.84 Å². The summed E-state index contributed by atoms with van der Waals surface area (Å²) >= 11 is 1.51. The first-order chi connectivity index (χ1) is 20.6. The van der Waals surface area contributed by atoms with Gasteiger partial charge >= 0.3 is 7.60 Å². The van der Waals surface area contributed by atoms with Crippen molar-refractivity contribution < 1.29 is 27.5 Å². The van der Waals surface area contributed by atoms with E-state index in [9.17, 15) is 13.0 Å². The van der Waals surface area contributed by atoms with Gasteiger partial charge in [-0.25, -0.2) is 23.4 Å². The number of sulfone groups is 1. The Hall–Kier alpha value is -2.41. The van der Waals surface area contributed by atoms with E-state index < -0.39 is 22.8 Å². The molecule has 11 nitrogen and oxygen atoms in total. The molecule has 2 aliphatic rings. The van der Waals surface area contributed by atoms with Crippen molar-refractivity contribution in [1.29, 1.82) is 0 Å². The molecule has 1 atom stereocenters. The first kappa shape index (κ1) is 32.0. The number of benzene rings is 1. The number of piperidine rings is 1. The maximum absolute atomic E-state index is 13.0. The molecule has 2 aliphatic heterocycles. The summed E-state index contributed by atoms with van der Waals surface area (Å²) < 4.78 is 44.2. The second kappa shape index (κ2) is 14.1. The average Bonchev–Trinajstić information content (AvgIpc) is 3.39. The highest BCUT2D eigenvalue weighted by Gasteiger charge is 2.27. The van der Waals surface area contributed by atoms with Crippen LogP contribution in [0.25, 0.3) is 15.8 Å². The lowest BCUT2D eigenvalue weighted by Gasteiger charge is -2.31. The highest BCUT2D eigenvalue weighted by Crippen LogP contribution is 2.36. The Morgan fingerprint density at radius 3 is 2.63 bits per heavy atom. The van der Waals surface area contributed by atoms with Crippen LogP contribution in [0.3, 0.4) is 0 Å². The third-order valence-corrected chi connectivity index (χ3v) is 11.6. The summed E-state index contributed by atoms with van der Waals surface area (Å²) in [5.41, 5.74) is 3.97. The van der Waals surface area contributed by atoms with Gasteiger partial charge in [0.2, 0.25) is 5.95 Å². The number of hydrogen-bond acceptors (Lipinski definition) is 10. The van der Waals surface area contributed by atoms with E-state index in [0.717, 1.165) is 71.6 Å². The molecule has 3 aromatic rings. The molecule has 1 aromatic carbocycles. The third-order valence-electron chi connectivity index (χ3n) is 7.82. The van der Waals surface area contributed by atoms with E-state index in [2.05, 4.69) is 33.2 Å². The van der Waals surface area contributed by atoms with Crippen molar-refractivity contribution in [3.63, 3.8) is 0 Å². The van der Waals surface area contributed by atoms with E-state index in [1.54, 1.807) is 6.08 Å². The summed E-state index contributed by atoms with van der Waals surface area (Å²) in [5, 5.41) is 2.97. The van der Waals surface area contributed by atoms with Crippen LogP contribution < -0.4 is 15.0 Å². The first-order valence-electron chi connectivity index (χ1n) is 14.9. The molecule has 2 aromatic heterocycles. The Bertz CT molecular complexity index is 1570. The summed E-state index contributed by atoms with van der Waals surface area (Å²) in [7, 11) is -7.49. The molecule has 0 spiro atoms. The van der Waals surface area contributed by atoms with Crippen LogP contribution in [0.5, 0.6) is 5.19 Å². The summed E-state index contributed by atoms with van der Waals surface area (Å²) in [6.07, 6.45) is 11.1. The fraction of sp³-hybridized carbons (Fsp3) is 0.552. The largest absolute Gasteiger partial charge is 0.467 e. The van der Waals surface area contributed by atoms with Crippen molar-refractivity contribution >= 4 is 50.5 Å². The average molecular weight is 650 g/mol. The van der Waals surface area contributed by atoms with Crippen molar-refractivity contribution in [3.8, 4) is 5.19 Å². The summed E-state index contributed by atoms with van der Waals surface area (Å²) in [4.78, 5) is 34.0. The molecular formula is C29H40N5O6PS2. The number of nitrogens with one attached hydrogen (secondary N) is 1. The number of anilines is 1. The lowest BCUT2D eigenvalue weighted by atomic mass is 10.0. The number of unbranched alkanes of at least 4 members (excludes halogenated alkanes) is 2. The van der Waals surface area contributed by atoms with Crippen LogP contribution in [0.2, 0.25) is 0 Å². The zero-order valence-electron chi connectivity index (χ0n) is 24.4. The molecular weight excluding hydrogens is 609 g/mol. The van der Waals surface area contributed by atoms with E-state index in [-0.39, 0.29) is 18.0 Å². The lowest BCUT2D eigenvalue weighted by Crippen LogP contribution is -2.39. The van der Waals surface area contributed by atoms with Crippen molar-refractivity contribution in [2.45, 2.75) is 69.8 Å². The van der Waals surface area contributed by atoms with Crippen LogP contribution in [0.1, 0.15) is 63.0 Å². The second-order valence-corrected chi connectivity index (χ2v) is 16.3. The smallest absolute Gasteiger partial charge is 0.325 e. The maximum atomic E-state index is 13.0. The van der Waals surface area contributed by atoms with Crippen LogP contribution in [0, 0.1) is 0 Å². The standard InChI is InChI=1S/C29H40N5O6PS2/c1-2-6-21-19-31-28(32-20-21)34-13-10-24(11-14-34)40-29-33-25-8-7-22(17-26(25)42-29)23-9-12-30-27(18-23)43(38,39)16-5-3-4-15-41(35,36)37/h7-8,17-20,24,27,30H,2-6,9-16H2,1H3,(H2,35,36,37). The molecule has 1 fully saturated rings. The summed E-state index contributed by atoms with van der Waals surface area (Å²) in [5.74, 6) is 0.743. The van der Waals surface area contributed by atoms with E-state index in [1.807, 2.05) is 24.5 Å². The Kier molecular flexibility index (Phi) is 10.5. The molecule has 3 N–H and O–H groups in total. The summed E-state index contributed by atoms with van der Waals surface area (Å²) in [6.45, 7) is 4.35. The van der Waals surface area contributed by atoms with Gasteiger partial charge in [-0.3, -0.25) is 9.88 Å². The van der Waals surface area contributed by atoms with Gasteiger partial charge in [-0.05, 0) is 60.6 Å². The van der Waals surface area contributed by atoms with Gasteiger partial charge in [0.05, 0.1) is 16.0 Å². The zero-order valence-corrected chi connectivity index (χ0v) is 26.9. The molecule has 234 valence electrons. The van der Waals surface area contributed by atoms with Gasteiger partial charge < -0.3 is 19.4 Å². The molecule has 43 heavy (non-hydrogen) atoms. The highest BCUT2D eigenvalue weighted by molar-refractivity contribution is 7.92. The minimum Gasteiger partial charge on any atom is -0.467 e. The molecule has 0 saturated carbocycles. The van der Waals surface area contributed by atoms with Crippen LogP contribution in [-0.2, 0) is 20.8 Å². The predicted octanol–water partition coefficient (Wildman–Crippen LogP) is 4.55. The van der Waals surface area contributed by atoms with Crippen LogP contribution >= 0.6 is 18.9 Å². The molecule has 5 rings (SSSR count). The Balaban J connectivity index is 1.17. The SMILES string of the molecule is CCCc1cnc(N2CCC(Oc3nc4ccc(C5=CC(S(=O)(=O)CCCCCP(=O)(O)O)NCC5)cc4s3)CC2)nc1. The number of rotatable bonds is 13. The lowest BCUT2D eigenvalue weighted by molar-refractivity contribution is 0.170. The number of aryl methyl sites for hydroxylation is 1. The van der Waals surface area contributed by atoms with Crippen LogP contribution in [0.15, 0.2) is 36.7 Å².